The summed E-state index contributed by atoms with van der Waals surface area (Å²) in [4.78, 5) is 28.2. The SMILES string of the molecule is COc1ccc(C)cc1NC1=C(c2ccccc2)C(=O)N(c2ccc(Cl)cc2C)C1=O. The Kier molecular flexibility index (Phi) is 5.53. The van der Waals surface area contributed by atoms with Crippen LogP contribution in [0.2, 0.25) is 5.02 Å². The summed E-state index contributed by atoms with van der Waals surface area (Å²) in [7, 11) is 1.56. The van der Waals surface area contributed by atoms with E-state index in [0.29, 0.717) is 33.3 Å². The molecule has 0 unspecified atom stereocenters. The van der Waals surface area contributed by atoms with Crippen molar-refractivity contribution in [3.63, 3.8) is 0 Å². The van der Waals surface area contributed by atoms with Crippen molar-refractivity contribution in [1.29, 1.82) is 0 Å². The van der Waals surface area contributed by atoms with Gasteiger partial charge in [-0.15, -0.1) is 0 Å². The molecule has 0 fully saturated rings. The van der Waals surface area contributed by atoms with Gasteiger partial charge < -0.3 is 10.1 Å². The van der Waals surface area contributed by atoms with Crippen molar-refractivity contribution < 1.29 is 14.3 Å². The largest absolute Gasteiger partial charge is 0.495 e. The molecular formula is C25H21ClN2O3. The lowest BCUT2D eigenvalue weighted by atomic mass is 10.0. The minimum atomic E-state index is -0.433. The average Bonchev–Trinajstić information content (AvgIpc) is 2.99. The molecule has 4 rings (SSSR count). The number of nitrogens with zero attached hydrogens (tertiary/aromatic N) is 1. The lowest BCUT2D eigenvalue weighted by molar-refractivity contribution is -0.120. The number of imide groups is 1. The maximum Gasteiger partial charge on any atom is 0.282 e. The summed E-state index contributed by atoms with van der Waals surface area (Å²) >= 11 is 6.08. The monoisotopic (exact) mass is 432 g/mol. The molecule has 1 aliphatic heterocycles. The third-order valence-corrected chi connectivity index (χ3v) is 5.40. The van der Waals surface area contributed by atoms with E-state index < -0.39 is 11.8 Å². The number of hydrogen-bond acceptors (Lipinski definition) is 4. The van der Waals surface area contributed by atoms with Gasteiger partial charge in [0.05, 0.1) is 24.1 Å². The predicted molar refractivity (Wildman–Crippen MR) is 123 cm³/mol. The Hall–Kier alpha value is -3.57. The van der Waals surface area contributed by atoms with Crippen LogP contribution in [0.5, 0.6) is 5.75 Å². The van der Waals surface area contributed by atoms with Crippen molar-refractivity contribution in [2.45, 2.75) is 13.8 Å². The summed E-state index contributed by atoms with van der Waals surface area (Å²) < 4.78 is 5.45. The van der Waals surface area contributed by atoms with Crippen molar-refractivity contribution in [1.82, 2.24) is 0 Å². The Bertz CT molecular complexity index is 1220. The number of halogens is 1. The van der Waals surface area contributed by atoms with Gasteiger partial charge in [-0.3, -0.25) is 9.59 Å². The molecular weight excluding hydrogens is 412 g/mol. The fraction of sp³-hybridized carbons (Fsp3) is 0.120. The maximum absolute atomic E-state index is 13.5. The Labute approximate surface area is 185 Å². The van der Waals surface area contributed by atoms with Gasteiger partial charge in [0, 0.05) is 5.02 Å². The van der Waals surface area contributed by atoms with E-state index in [1.54, 1.807) is 25.3 Å². The number of ether oxygens (including phenoxy) is 1. The van der Waals surface area contributed by atoms with E-state index in [4.69, 9.17) is 16.3 Å². The number of amides is 2. The van der Waals surface area contributed by atoms with Gasteiger partial charge in [0.1, 0.15) is 11.4 Å². The van der Waals surface area contributed by atoms with Crippen molar-refractivity contribution in [2.24, 2.45) is 0 Å². The van der Waals surface area contributed by atoms with Gasteiger partial charge in [-0.2, -0.15) is 0 Å². The summed E-state index contributed by atoms with van der Waals surface area (Å²) in [6.07, 6.45) is 0. The summed E-state index contributed by atoms with van der Waals surface area (Å²) in [5.41, 5.74) is 4.01. The van der Waals surface area contributed by atoms with Crippen LogP contribution >= 0.6 is 11.6 Å². The smallest absolute Gasteiger partial charge is 0.282 e. The number of benzene rings is 3. The highest BCUT2D eigenvalue weighted by molar-refractivity contribution is 6.46. The molecule has 0 saturated carbocycles. The topological polar surface area (TPSA) is 58.6 Å². The van der Waals surface area contributed by atoms with E-state index in [1.807, 2.05) is 62.4 Å². The predicted octanol–water partition coefficient (Wildman–Crippen LogP) is 5.36. The number of carbonyl (C=O) groups is 2. The first kappa shape index (κ1) is 20.7. The lowest BCUT2D eigenvalue weighted by Gasteiger charge is -2.18. The first-order valence-electron chi connectivity index (χ1n) is 9.77. The third-order valence-electron chi connectivity index (χ3n) is 5.16. The van der Waals surface area contributed by atoms with Crippen molar-refractivity contribution >= 4 is 40.4 Å². The third kappa shape index (κ3) is 3.80. The molecule has 1 aliphatic rings. The molecule has 6 heteroatoms. The number of carbonyl (C=O) groups excluding carboxylic acids is 2. The van der Waals surface area contributed by atoms with Crippen LogP contribution in [0.15, 0.2) is 72.4 Å². The molecule has 31 heavy (non-hydrogen) atoms. The van der Waals surface area contributed by atoms with Crippen LogP contribution in [0, 0.1) is 13.8 Å². The van der Waals surface area contributed by atoms with Crippen LogP contribution in [0.1, 0.15) is 16.7 Å². The first-order valence-corrected chi connectivity index (χ1v) is 10.1. The second-order valence-corrected chi connectivity index (χ2v) is 7.76. The minimum absolute atomic E-state index is 0.203. The molecule has 0 atom stereocenters. The minimum Gasteiger partial charge on any atom is -0.495 e. The van der Waals surface area contributed by atoms with Gasteiger partial charge in [-0.05, 0) is 60.9 Å². The molecule has 0 saturated heterocycles. The fourth-order valence-electron chi connectivity index (χ4n) is 3.66. The summed E-state index contributed by atoms with van der Waals surface area (Å²) in [5, 5.41) is 3.72. The molecule has 0 radical (unpaired) electrons. The van der Waals surface area contributed by atoms with E-state index in [-0.39, 0.29) is 5.70 Å². The zero-order valence-corrected chi connectivity index (χ0v) is 18.2. The average molecular weight is 433 g/mol. The maximum atomic E-state index is 13.5. The summed E-state index contributed by atoms with van der Waals surface area (Å²) in [6, 6.07) is 19.9. The second kappa shape index (κ2) is 8.28. The van der Waals surface area contributed by atoms with Gasteiger partial charge >= 0.3 is 0 Å². The fourth-order valence-corrected chi connectivity index (χ4v) is 3.89. The Morgan fingerprint density at radius 3 is 2.32 bits per heavy atom. The molecule has 2 amide bonds. The van der Waals surface area contributed by atoms with Gasteiger partial charge in [0.2, 0.25) is 0 Å². The molecule has 0 spiro atoms. The van der Waals surface area contributed by atoms with Crippen molar-refractivity contribution in [2.75, 3.05) is 17.3 Å². The van der Waals surface area contributed by atoms with Crippen LogP contribution in [0.25, 0.3) is 5.57 Å². The molecule has 156 valence electrons. The van der Waals surface area contributed by atoms with Crippen LogP contribution in [-0.2, 0) is 9.59 Å². The second-order valence-electron chi connectivity index (χ2n) is 7.32. The van der Waals surface area contributed by atoms with Gasteiger partial charge in [-0.1, -0.05) is 48.0 Å². The molecule has 0 aliphatic carbocycles. The number of anilines is 2. The molecule has 0 bridgehead atoms. The van der Waals surface area contributed by atoms with Crippen LogP contribution in [-0.4, -0.2) is 18.9 Å². The standard InChI is InChI=1S/C25H21ClN2O3/c1-15-9-12-21(31-3)19(13-15)27-23-22(17-7-5-4-6-8-17)24(29)28(25(23)30)20-11-10-18(26)14-16(20)2/h4-14,27H,1-3H3. The summed E-state index contributed by atoms with van der Waals surface area (Å²) in [6.45, 7) is 3.76. The highest BCUT2D eigenvalue weighted by Gasteiger charge is 2.41. The zero-order chi connectivity index (χ0) is 22.1. The number of rotatable bonds is 5. The molecule has 3 aromatic rings. The summed E-state index contributed by atoms with van der Waals surface area (Å²) in [5.74, 6) is -0.250. The highest BCUT2D eigenvalue weighted by Crippen LogP contribution is 2.37. The first-order chi connectivity index (χ1) is 14.9. The van der Waals surface area contributed by atoms with Crippen molar-refractivity contribution in [3.05, 3.63) is 94.1 Å². The number of nitrogens with one attached hydrogen (secondary N) is 1. The molecule has 1 heterocycles. The molecule has 0 aromatic heterocycles. The van der Waals surface area contributed by atoms with E-state index in [1.165, 1.54) is 4.90 Å². The zero-order valence-electron chi connectivity index (χ0n) is 17.4. The van der Waals surface area contributed by atoms with E-state index >= 15 is 0 Å². The van der Waals surface area contributed by atoms with Crippen LogP contribution in [0.3, 0.4) is 0 Å². The molecule has 1 N–H and O–H groups in total. The Balaban J connectivity index is 1.86. The van der Waals surface area contributed by atoms with E-state index in [0.717, 1.165) is 11.1 Å². The number of methoxy groups -OCH3 is 1. The number of hydrogen-bond donors (Lipinski definition) is 1. The highest BCUT2D eigenvalue weighted by atomic mass is 35.5. The number of aryl methyl sites for hydroxylation is 2. The Morgan fingerprint density at radius 1 is 0.903 bits per heavy atom. The quantitative estimate of drug-likeness (QED) is 0.551. The normalized spacial score (nSPS) is 13.7. The van der Waals surface area contributed by atoms with E-state index in [2.05, 4.69) is 5.32 Å². The van der Waals surface area contributed by atoms with Gasteiger partial charge in [0.15, 0.2) is 0 Å². The van der Waals surface area contributed by atoms with Gasteiger partial charge in [0.25, 0.3) is 11.8 Å². The molecule has 3 aromatic carbocycles. The van der Waals surface area contributed by atoms with Crippen molar-refractivity contribution in [3.8, 4) is 5.75 Å². The Morgan fingerprint density at radius 2 is 1.65 bits per heavy atom. The van der Waals surface area contributed by atoms with Crippen LogP contribution < -0.4 is 15.0 Å². The molecule has 5 nitrogen and oxygen atoms in total. The van der Waals surface area contributed by atoms with E-state index in [9.17, 15) is 9.59 Å². The lowest BCUT2D eigenvalue weighted by Crippen LogP contribution is -2.33. The van der Waals surface area contributed by atoms with Gasteiger partial charge in [-0.25, -0.2) is 4.90 Å². The van der Waals surface area contributed by atoms with Crippen LogP contribution in [0.4, 0.5) is 11.4 Å².